The van der Waals surface area contributed by atoms with Crippen molar-refractivity contribution in [3.05, 3.63) is 42.0 Å². The van der Waals surface area contributed by atoms with Crippen LogP contribution in [-0.4, -0.2) is 55.8 Å². The smallest absolute Gasteiger partial charge is 0.258 e. The zero-order valence-corrected chi connectivity index (χ0v) is 21.9. The van der Waals surface area contributed by atoms with Gasteiger partial charge in [0.15, 0.2) is 0 Å². The van der Waals surface area contributed by atoms with Crippen LogP contribution in [0.3, 0.4) is 0 Å². The second kappa shape index (κ2) is 9.99. The highest BCUT2D eigenvalue weighted by Crippen LogP contribution is 2.54. The summed E-state index contributed by atoms with van der Waals surface area (Å²) < 4.78 is 8.95. The number of hydrogen-bond acceptors (Lipinski definition) is 7. The third-order valence-corrected chi connectivity index (χ3v) is 8.33. The molecule has 1 aromatic carbocycles. The van der Waals surface area contributed by atoms with E-state index in [4.69, 9.17) is 9.72 Å². The van der Waals surface area contributed by atoms with Crippen molar-refractivity contribution in [1.82, 2.24) is 9.71 Å². The third-order valence-electron chi connectivity index (χ3n) is 7.12. The highest BCUT2D eigenvalue weighted by molar-refractivity contribution is 7.97. The quantitative estimate of drug-likeness (QED) is 0.550. The van der Waals surface area contributed by atoms with Crippen LogP contribution in [0, 0.1) is 5.41 Å². The zero-order valence-electron chi connectivity index (χ0n) is 21.1. The summed E-state index contributed by atoms with van der Waals surface area (Å²) >= 11 is 1.62. The van der Waals surface area contributed by atoms with Crippen molar-refractivity contribution >= 4 is 35.2 Å². The van der Waals surface area contributed by atoms with Gasteiger partial charge in [-0.25, -0.2) is 4.98 Å². The number of nitrogens with zero attached hydrogens (tertiary/aromatic N) is 3. The first-order chi connectivity index (χ1) is 16.8. The lowest BCUT2D eigenvalue weighted by molar-refractivity contribution is 0.102. The summed E-state index contributed by atoms with van der Waals surface area (Å²) in [5.41, 5.74) is 2.31. The number of rotatable bonds is 6. The van der Waals surface area contributed by atoms with Gasteiger partial charge in [0.05, 0.1) is 24.5 Å². The molecule has 1 spiro atoms. The topological polar surface area (TPSA) is 69.7 Å². The van der Waals surface area contributed by atoms with E-state index in [0.29, 0.717) is 30.0 Å². The second-order valence-corrected chi connectivity index (χ2v) is 11.9. The highest BCUT2D eigenvalue weighted by atomic mass is 32.2. The van der Waals surface area contributed by atoms with Crippen LogP contribution < -0.4 is 19.8 Å². The molecule has 0 bridgehead atoms. The van der Waals surface area contributed by atoms with Gasteiger partial charge in [-0.05, 0) is 94.1 Å². The number of carbonyl (C=O) groups excluding carboxylic acids is 1. The van der Waals surface area contributed by atoms with Crippen LogP contribution in [0.15, 0.2) is 41.3 Å². The van der Waals surface area contributed by atoms with E-state index in [0.717, 1.165) is 42.6 Å². The normalized spacial score (nSPS) is 19.6. The van der Waals surface area contributed by atoms with Gasteiger partial charge < -0.3 is 19.9 Å². The number of carbonyl (C=O) groups is 1. The summed E-state index contributed by atoms with van der Waals surface area (Å²) in [6, 6.07) is 12.0. The zero-order chi connectivity index (χ0) is 24.5. The van der Waals surface area contributed by atoms with Gasteiger partial charge in [-0.15, -0.1) is 0 Å². The lowest BCUT2D eigenvalue weighted by Crippen LogP contribution is -2.37. The molecule has 1 saturated carbocycles. The predicted octanol–water partition coefficient (Wildman–Crippen LogP) is 4.95. The van der Waals surface area contributed by atoms with E-state index in [-0.39, 0.29) is 11.4 Å². The summed E-state index contributed by atoms with van der Waals surface area (Å²) in [4.78, 5) is 23.9. The molecule has 0 atom stereocenters. The van der Waals surface area contributed by atoms with Gasteiger partial charge in [-0.1, -0.05) is 6.07 Å². The Labute approximate surface area is 213 Å². The first-order valence-electron chi connectivity index (χ1n) is 12.7. The molecule has 1 aliphatic carbocycles. The largest absolute Gasteiger partial charge is 0.378 e. The van der Waals surface area contributed by atoms with Gasteiger partial charge in [0.1, 0.15) is 11.6 Å². The van der Waals surface area contributed by atoms with Crippen LogP contribution in [0.25, 0.3) is 0 Å². The number of anilines is 3. The highest BCUT2D eigenvalue weighted by Gasteiger charge is 2.44. The molecule has 0 radical (unpaired) electrons. The Morgan fingerprint density at radius 2 is 1.74 bits per heavy atom. The molecule has 0 unspecified atom stereocenters. The second-order valence-electron chi connectivity index (χ2n) is 11.1. The molecule has 35 heavy (non-hydrogen) atoms. The fourth-order valence-electron chi connectivity index (χ4n) is 4.78. The Balaban J connectivity index is 1.36. The summed E-state index contributed by atoms with van der Waals surface area (Å²) in [6.45, 7) is 11.5. The Morgan fingerprint density at radius 3 is 2.43 bits per heavy atom. The van der Waals surface area contributed by atoms with E-state index in [1.54, 1.807) is 11.9 Å². The molecule has 8 heteroatoms. The molecule has 2 N–H and O–H groups in total. The molecule has 5 rings (SSSR count). The fraction of sp³-hybridized carbons (Fsp3) is 0.556. The van der Waals surface area contributed by atoms with Crippen molar-refractivity contribution in [3.8, 4) is 0 Å². The average molecular weight is 496 g/mol. The van der Waals surface area contributed by atoms with E-state index in [1.165, 1.54) is 25.7 Å². The van der Waals surface area contributed by atoms with Crippen molar-refractivity contribution < 1.29 is 9.53 Å². The van der Waals surface area contributed by atoms with Crippen molar-refractivity contribution in [2.75, 3.05) is 54.5 Å². The van der Waals surface area contributed by atoms with Crippen LogP contribution >= 0.6 is 11.9 Å². The number of amides is 1. The Kier molecular flexibility index (Phi) is 6.97. The lowest BCUT2D eigenvalue weighted by atomic mass is 9.93. The molecule has 2 aromatic rings. The summed E-state index contributed by atoms with van der Waals surface area (Å²) in [5.74, 6) is 1.34. The maximum atomic E-state index is 13.5. The van der Waals surface area contributed by atoms with Crippen LogP contribution in [0.2, 0.25) is 0 Å². The molecule has 2 aliphatic heterocycles. The lowest BCUT2D eigenvalue weighted by Gasteiger charge is -2.35. The first kappa shape index (κ1) is 24.4. The summed E-state index contributed by atoms with van der Waals surface area (Å²) in [7, 11) is 0. The minimum Gasteiger partial charge on any atom is -0.378 e. The van der Waals surface area contributed by atoms with E-state index in [9.17, 15) is 4.79 Å². The van der Waals surface area contributed by atoms with Gasteiger partial charge >= 0.3 is 0 Å². The molecular weight excluding hydrogens is 458 g/mol. The maximum absolute atomic E-state index is 13.5. The number of benzene rings is 1. The molecule has 3 aliphatic rings. The van der Waals surface area contributed by atoms with E-state index in [1.807, 2.05) is 30.3 Å². The van der Waals surface area contributed by atoms with Crippen LogP contribution in [0.4, 0.5) is 17.3 Å². The van der Waals surface area contributed by atoms with E-state index >= 15 is 0 Å². The predicted molar refractivity (Wildman–Crippen MR) is 144 cm³/mol. The van der Waals surface area contributed by atoms with Crippen LogP contribution in [0.1, 0.15) is 56.8 Å². The third kappa shape index (κ3) is 6.11. The molecular formula is C27H37N5O2S. The van der Waals surface area contributed by atoms with Crippen LogP contribution in [-0.2, 0) is 4.74 Å². The van der Waals surface area contributed by atoms with Crippen molar-refractivity contribution in [1.29, 1.82) is 0 Å². The molecule has 1 amide bonds. The van der Waals surface area contributed by atoms with Gasteiger partial charge in [0, 0.05) is 36.6 Å². The summed E-state index contributed by atoms with van der Waals surface area (Å²) in [5, 5.41) is 3.06. The molecule has 3 fully saturated rings. The van der Waals surface area contributed by atoms with Gasteiger partial charge in [0.25, 0.3) is 5.91 Å². The van der Waals surface area contributed by atoms with Crippen molar-refractivity contribution in [3.63, 3.8) is 0 Å². The monoisotopic (exact) mass is 495 g/mol. The van der Waals surface area contributed by atoms with Crippen molar-refractivity contribution in [2.45, 2.75) is 56.9 Å². The van der Waals surface area contributed by atoms with Crippen LogP contribution in [0.5, 0.6) is 0 Å². The number of morpholine rings is 1. The molecule has 188 valence electrons. The number of pyridine rings is 1. The number of ether oxygens (including phenoxy) is 1. The SMILES string of the molecule is CC(C)(C)NSc1ccc(C(=O)Nc2cccc(N3CCOCC3)n2)c(N2CCC3(CC2)CC3)c1. The number of piperidine rings is 1. The minimum atomic E-state index is -0.112. The molecule has 7 nitrogen and oxygen atoms in total. The summed E-state index contributed by atoms with van der Waals surface area (Å²) in [6.07, 6.45) is 5.17. The standard InChI is InChI=1S/C27H37N5O2S/c1-26(2,3)30-35-20-7-8-21(22(19-20)31-13-11-27(9-10-27)12-14-31)25(33)29-23-5-4-6-24(28-23)32-15-17-34-18-16-32/h4-8,19,30H,9-18H2,1-3H3,(H,28,29,33). The minimum absolute atomic E-state index is 0.00151. The molecule has 2 saturated heterocycles. The van der Waals surface area contributed by atoms with Gasteiger partial charge in [0.2, 0.25) is 0 Å². The number of hydrogen-bond donors (Lipinski definition) is 2. The maximum Gasteiger partial charge on any atom is 0.258 e. The molecule has 3 heterocycles. The van der Waals surface area contributed by atoms with Crippen molar-refractivity contribution in [2.24, 2.45) is 5.41 Å². The fourth-order valence-corrected chi connectivity index (χ4v) is 5.52. The Morgan fingerprint density at radius 1 is 1.00 bits per heavy atom. The number of aromatic nitrogens is 1. The Hall–Kier alpha value is -2.29. The van der Waals surface area contributed by atoms with Gasteiger partial charge in [-0.3, -0.25) is 9.52 Å². The van der Waals surface area contributed by atoms with E-state index < -0.39 is 0 Å². The molecule has 1 aromatic heterocycles. The Bertz CT molecular complexity index is 1050. The average Bonchev–Trinajstić information content (AvgIpc) is 3.62. The number of nitrogens with one attached hydrogen (secondary N) is 2. The van der Waals surface area contributed by atoms with Gasteiger partial charge in [-0.2, -0.15) is 0 Å². The first-order valence-corrected chi connectivity index (χ1v) is 13.6. The van der Waals surface area contributed by atoms with E-state index in [2.05, 4.69) is 46.7 Å².